The summed E-state index contributed by atoms with van der Waals surface area (Å²) in [7, 11) is 0. The molecule has 1 unspecified atom stereocenters. The van der Waals surface area contributed by atoms with Crippen LogP contribution >= 0.6 is 11.3 Å². The van der Waals surface area contributed by atoms with Crippen LogP contribution in [0, 0.1) is 12.3 Å². The number of fused-ring (bicyclic) bond motifs is 1. The summed E-state index contributed by atoms with van der Waals surface area (Å²) in [5.41, 5.74) is 1.39. The first-order valence-corrected chi connectivity index (χ1v) is 8.17. The number of nitrogens with zero attached hydrogens (tertiary/aromatic N) is 2. The molecule has 0 bridgehead atoms. The van der Waals surface area contributed by atoms with Crippen molar-refractivity contribution in [1.29, 1.82) is 0 Å². The molecule has 4 heteroatoms. The standard InChI is InChI=1S/C16H25N3S/c1-6-7-17-14(16(3,4)5)9-13-12-8-11(2)20-15(12)19-10-18-13/h8,10,14,17H,6-7,9H2,1-5H3. The van der Waals surface area contributed by atoms with Gasteiger partial charge in [-0.2, -0.15) is 0 Å². The Morgan fingerprint density at radius 3 is 2.70 bits per heavy atom. The smallest absolute Gasteiger partial charge is 0.127 e. The minimum absolute atomic E-state index is 0.220. The number of rotatable bonds is 5. The maximum Gasteiger partial charge on any atom is 0.127 e. The van der Waals surface area contributed by atoms with Gasteiger partial charge in [-0.25, -0.2) is 9.97 Å². The van der Waals surface area contributed by atoms with Crippen molar-refractivity contribution >= 4 is 21.6 Å². The predicted molar refractivity (Wildman–Crippen MR) is 87.4 cm³/mol. The second kappa shape index (κ2) is 6.19. The van der Waals surface area contributed by atoms with E-state index in [9.17, 15) is 0 Å². The molecule has 1 atom stereocenters. The second-order valence-electron chi connectivity index (χ2n) is 6.47. The molecule has 2 heterocycles. The molecule has 2 rings (SSSR count). The molecule has 0 saturated carbocycles. The molecular weight excluding hydrogens is 266 g/mol. The van der Waals surface area contributed by atoms with Crippen LogP contribution in [0.2, 0.25) is 0 Å². The Bertz CT molecular complexity index is 569. The third-order valence-electron chi connectivity index (χ3n) is 3.62. The lowest BCUT2D eigenvalue weighted by Crippen LogP contribution is -2.42. The van der Waals surface area contributed by atoms with Crippen LogP contribution in [0.3, 0.4) is 0 Å². The first-order valence-electron chi connectivity index (χ1n) is 7.35. The predicted octanol–water partition coefficient (Wildman–Crippen LogP) is 3.96. The molecule has 110 valence electrons. The van der Waals surface area contributed by atoms with Crippen molar-refractivity contribution in [3.05, 3.63) is 23.0 Å². The Labute approximate surface area is 125 Å². The Hall–Kier alpha value is -1.00. The molecule has 0 saturated heterocycles. The van der Waals surface area contributed by atoms with Gasteiger partial charge in [-0.1, -0.05) is 27.7 Å². The molecule has 2 aromatic rings. The van der Waals surface area contributed by atoms with Gasteiger partial charge in [-0.3, -0.25) is 0 Å². The molecule has 0 aliphatic rings. The van der Waals surface area contributed by atoms with E-state index in [1.807, 2.05) is 0 Å². The zero-order valence-electron chi connectivity index (χ0n) is 13.2. The number of nitrogens with one attached hydrogen (secondary N) is 1. The van der Waals surface area contributed by atoms with E-state index in [0.29, 0.717) is 6.04 Å². The Kier molecular flexibility index (Phi) is 4.76. The van der Waals surface area contributed by atoms with Crippen molar-refractivity contribution in [2.45, 2.75) is 53.5 Å². The van der Waals surface area contributed by atoms with Crippen molar-refractivity contribution in [3.63, 3.8) is 0 Å². The zero-order valence-corrected chi connectivity index (χ0v) is 14.0. The fourth-order valence-electron chi connectivity index (χ4n) is 2.38. The highest BCUT2D eigenvalue weighted by Crippen LogP contribution is 2.28. The van der Waals surface area contributed by atoms with Gasteiger partial charge in [-0.15, -0.1) is 11.3 Å². The number of hydrogen-bond acceptors (Lipinski definition) is 4. The van der Waals surface area contributed by atoms with Gasteiger partial charge in [-0.05, 0) is 31.4 Å². The fourth-order valence-corrected chi connectivity index (χ4v) is 3.25. The normalized spacial score (nSPS) is 13.8. The average molecular weight is 291 g/mol. The third kappa shape index (κ3) is 3.55. The van der Waals surface area contributed by atoms with Crippen LogP contribution in [0.15, 0.2) is 12.4 Å². The average Bonchev–Trinajstić information content (AvgIpc) is 2.74. The fraction of sp³-hybridized carbons (Fsp3) is 0.625. The third-order valence-corrected chi connectivity index (χ3v) is 4.58. The van der Waals surface area contributed by atoms with Gasteiger partial charge in [0.15, 0.2) is 0 Å². The summed E-state index contributed by atoms with van der Waals surface area (Å²) in [6.07, 6.45) is 3.81. The van der Waals surface area contributed by atoms with Crippen LogP contribution in [0.1, 0.15) is 44.7 Å². The first-order chi connectivity index (χ1) is 9.41. The van der Waals surface area contributed by atoms with Crippen molar-refractivity contribution < 1.29 is 0 Å². The van der Waals surface area contributed by atoms with Gasteiger partial charge in [0.25, 0.3) is 0 Å². The van der Waals surface area contributed by atoms with E-state index in [4.69, 9.17) is 0 Å². The quantitative estimate of drug-likeness (QED) is 0.906. The minimum atomic E-state index is 0.220. The van der Waals surface area contributed by atoms with Gasteiger partial charge >= 0.3 is 0 Å². The highest BCUT2D eigenvalue weighted by molar-refractivity contribution is 7.18. The number of aromatic nitrogens is 2. The lowest BCUT2D eigenvalue weighted by molar-refractivity contribution is 0.266. The largest absolute Gasteiger partial charge is 0.313 e. The molecular formula is C16H25N3S. The molecule has 2 aromatic heterocycles. The maximum atomic E-state index is 4.54. The van der Waals surface area contributed by atoms with E-state index < -0.39 is 0 Å². The molecule has 0 radical (unpaired) electrons. The molecule has 0 amide bonds. The van der Waals surface area contributed by atoms with Crippen LogP contribution in [0.25, 0.3) is 10.2 Å². The molecule has 0 aromatic carbocycles. The highest BCUT2D eigenvalue weighted by Gasteiger charge is 2.25. The van der Waals surface area contributed by atoms with Crippen LogP contribution in [-0.2, 0) is 6.42 Å². The van der Waals surface area contributed by atoms with Crippen LogP contribution in [0.4, 0.5) is 0 Å². The highest BCUT2D eigenvalue weighted by atomic mass is 32.1. The van der Waals surface area contributed by atoms with E-state index in [1.54, 1.807) is 17.7 Å². The molecule has 20 heavy (non-hydrogen) atoms. The first kappa shape index (κ1) is 15.4. The summed E-state index contributed by atoms with van der Waals surface area (Å²) in [5, 5.41) is 4.90. The molecule has 3 nitrogen and oxygen atoms in total. The van der Waals surface area contributed by atoms with E-state index in [-0.39, 0.29) is 5.41 Å². The summed E-state index contributed by atoms with van der Waals surface area (Å²) >= 11 is 1.75. The summed E-state index contributed by atoms with van der Waals surface area (Å²) in [6, 6.07) is 2.65. The van der Waals surface area contributed by atoms with Crippen LogP contribution < -0.4 is 5.32 Å². The lowest BCUT2D eigenvalue weighted by Gasteiger charge is -2.31. The van der Waals surface area contributed by atoms with Crippen molar-refractivity contribution in [2.75, 3.05) is 6.54 Å². The summed E-state index contributed by atoms with van der Waals surface area (Å²) in [4.78, 5) is 11.3. The Morgan fingerprint density at radius 1 is 1.30 bits per heavy atom. The lowest BCUT2D eigenvalue weighted by atomic mass is 9.83. The molecule has 1 N–H and O–H groups in total. The van der Waals surface area contributed by atoms with Crippen molar-refractivity contribution in [3.8, 4) is 0 Å². The van der Waals surface area contributed by atoms with Crippen LogP contribution in [0.5, 0.6) is 0 Å². The minimum Gasteiger partial charge on any atom is -0.313 e. The summed E-state index contributed by atoms with van der Waals surface area (Å²) < 4.78 is 0. The van der Waals surface area contributed by atoms with E-state index in [2.05, 4.69) is 56.0 Å². The second-order valence-corrected chi connectivity index (χ2v) is 7.71. The topological polar surface area (TPSA) is 37.8 Å². The monoisotopic (exact) mass is 291 g/mol. The van der Waals surface area contributed by atoms with E-state index in [0.717, 1.165) is 24.2 Å². The number of aryl methyl sites for hydroxylation is 1. The zero-order chi connectivity index (χ0) is 14.8. The Morgan fingerprint density at radius 2 is 2.05 bits per heavy atom. The van der Waals surface area contributed by atoms with Crippen LogP contribution in [-0.4, -0.2) is 22.6 Å². The van der Waals surface area contributed by atoms with Gasteiger partial charge < -0.3 is 5.32 Å². The van der Waals surface area contributed by atoms with Gasteiger partial charge in [0.2, 0.25) is 0 Å². The summed E-state index contributed by atoms with van der Waals surface area (Å²) in [6.45, 7) is 12.3. The van der Waals surface area contributed by atoms with Gasteiger partial charge in [0.05, 0.1) is 5.69 Å². The van der Waals surface area contributed by atoms with Crippen molar-refractivity contribution in [2.24, 2.45) is 5.41 Å². The number of thiophene rings is 1. The molecule has 0 aliphatic carbocycles. The van der Waals surface area contributed by atoms with Gasteiger partial charge in [0.1, 0.15) is 11.2 Å². The van der Waals surface area contributed by atoms with E-state index in [1.165, 1.54) is 16.0 Å². The maximum absolute atomic E-state index is 4.54. The molecule has 0 aliphatic heterocycles. The van der Waals surface area contributed by atoms with E-state index >= 15 is 0 Å². The SMILES string of the molecule is CCCNC(Cc1ncnc2sc(C)cc12)C(C)(C)C. The van der Waals surface area contributed by atoms with Crippen molar-refractivity contribution in [1.82, 2.24) is 15.3 Å². The summed E-state index contributed by atoms with van der Waals surface area (Å²) in [5.74, 6) is 0. The molecule has 0 fully saturated rings. The molecule has 0 spiro atoms. The Balaban J connectivity index is 2.28. The number of hydrogen-bond donors (Lipinski definition) is 1. The van der Waals surface area contributed by atoms with Gasteiger partial charge in [0, 0.05) is 22.7 Å².